The SMILES string of the molecule is CCC(N)C1CCC(C)CC1.CN(C)C. The zero-order valence-corrected chi connectivity index (χ0v) is 11.3. The molecule has 0 aromatic rings. The van der Waals surface area contributed by atoms with E-state index in [1.54, 1.807) is 0 Å². The Morgan fingerprint density at radius 1 is 1.13 bits per heavy atom. The summed E-state index contributed by atoms with van der Waals surface area (Å²) < 4.78 is 0. The van der Waals surface area contributed by atoms with E-state index in [0.29, 0.717) is 6.04 Å². The van der Waals surface area contributed by atoms with Crippen LogP contribution in [0, 0.1) is 11.8 Å². The highest BCUT2D eigenvalue weighted by Gasteiger charge is 2.21. The van der Waals surface area contributed by atoms with Crippen LogP contribution in [-0.2, 0) is 0 Å². The first-order valence-corrected chi connectivity index (χ1v) is 6.33. The van der Waals surface area contributed by atoms with Crippen molar-refractivity contribution in [3.8, 4) is 0 Å². The molecule has 0 spiro atoms. The van der Waals surface area contributed by atoms with Crippen LogP contribution >= 0.6 is 0 Å². The molecule has 2 N–H and O–H groups in total. The van der Waals surface area contributed by atoms with Crippen LogP contribution in [0.2, 0.25) is 0 Å². The lowest BCUT2D eigenvalue weighted by molar-refractivity contribution is 0.251. The van der Waals surface area contributed by atoms with Crippen LogP contribution in [0.25, 0.3) is 0 Å². The number of nitrogens with two attached hydrogens (primary N) is 1. The van der Waals surface area contributed by atoms with Crippen molar-refractivity contribution in [2.24, 2.45) is 17.6 Å². The van der Waals surface area contributed by atoms with Crippen molar-refractivity contribution in [1.29, 1.82) is 0 Å². The zero-order chi connectivity index (χ0) is 11.8. The van der Waals surface area contributed by atoms with Crippen LogP contribution in [0.1, 0.15) is 46.0 Å². The molecule has 1 fully saturated rings. The minimum Gasteiger partial charge on any atom is -0.327 e. The molecule has 0 amide bonds. The van der Waals surface area contributed by atoms with E-state index in [2.05, 4.69) is 13.8 Å². The molecule has 1 unspecified atom stereocenters. The predicted molar refractivity (Wildman–Crippen MR) is 69.0 cm³/mol. The third kappa shape index (κ3) is 7.80. The lowest BCUT2D eigenvalue weighted by Crippen LogP contribution is -2.31. The summed E-state index contributed by atoms with van der Waals surface area (Å²) in [4.78, 5) is 2.00. The quantitative estimate of drug-likeness (QED) is 0.766. The maximum Gasteiger partial charge on any atom is 0.00645 e. The minimum absolute atomic E-state index is 0.475. The van der Waals surface area contributed by atoms with Crippen molar-refractivity contribution in [1.82, 2.24) is 4.90 Å². The first-order chi connectivity index (χ1) is 6.97. The van der Waals surface area contributed by atoms with Crippen molar-refractivity contribution in [3.63, 3.8) is 0 Å². The van der Waals surface area contributed by atoms with Crippen LogP contribution in [0.15, 0.2) is 0 Å². The molecule has 1 saturated carbocycles. The molecule has 15 heavy (non-hydrogen) atoms. The number of nitrogens with zero attached hydrogens (tertiary/aromatic N) is 1. The normalized spacial score (nSPS) is 28.2. The summed E-state index contributed by atoms with van der Waals surface area (Å²) in [6.45, 7) is 4.55. The Labute approximate surface area is 96.2 Å². The third-order valence-electron chi connectivity index (χ3n) is 3.14. The second-order valence-corrected chi connectivity index (χ2v) is 5.43. The highest BCUT2D eigenvalue weighted by atomic mass is 15.0. The minimum atomic E-state index is 0.475. The van der Waals surface area contributed by atoms with E-state index in [1.807, 2.05) is 26.0 Å². The van der Waals surface area contributed by atoms with Gasteiger partial charge in [0.25, 0.3) is 0 Å². The average molecular weight is 214 g/mol. The summed E-state index contributed by atoms with van der Waals surface area (Å²) in [6, 6.07) is 0.475. The summed E-state index contributed by atoms with van der Waals surface area (Å²) in [7, 11) is 6.00. The molecule has 0 radical (unpaired) electrons. The summed E-state index contributed by atoms with van der Waals surface area (Å²) in [5, 5.41) is 0. The van der Waals surface area contributed by atoms with Crippen LogP contribution in [0.4, 0.5) is 0 Å². The van der Waals surface area contributed by atoms with Gasteiger partial charge in [0.15, 0.2) is 0 Å². The van der Waals surface area contributed by atoms with Crippen LogP contribution in [0.3, 0.4) is 0 Å². The van der Waals surface area contributed by atoms with Gasteiger partial charge >= 0.3 is 0 Å². The lowest BCUT2D eigenvalue weighted by Gasteiger charge is -2.29. The summed E-state index contributed by atoms with van der Waals surface area (Å²) >= 11 is 0. The summed E-state index contributed by atoms with van der Waals surface area (Å²) in [5.74, 6) is 1.78. The first-order valence-electron chi connectivity index (χ1n) is 6.33. The second-order valence-electron chi connectivity index (χ2n) is 5.43. The van der Waals surface area contributed by atoms with Gasteiger partial charge in [0, 0.05) is 6.04 Å². The fourth-order valence-electron chi connectivity index (χ4n) is 2.05. The van der Waals surface area contributed by atoms with Gasteiger partial charge in [-0.1, -0.05) is 26.7 Å². The Hall–Kier alpha value is -0.0800. The van der Waals surface area contributed by atoms with Crippen molar-refractivity contribution < 1.29 is 0 Å². The van der Waals surface area contributed by atoms with Crippen molar-refractivity contribution in [2.75, 3.05) is 21.1 Å². The predicted octanol–water partition coefficient (Wildman–Crippen LogP) is 2.73. The Bertz CT molecular complexity index is 135. The van der Waals surface area contributed by atoms with Gasteiger partial charge in [0.1, 0.15) is 0 Å². The molecule has 0 saturated heterocycles. The number of hydrogen-bond acceptors (Lipinski definition) is 2. The van der Waals surface area contributed by atoms with Gasteiger partial charge in [-0.25, -0.2) is 0 Å². The Kier molecular flexibility index (Phi) is 8.07. The van der Waals surface area contributed by atoms with Crippen LogP contribution < -0.4 is 5.73 Å². The molecule has 0 aromatic carbocycles. The van der Waals surface area contributed by atoms with E-state index in [9.17, 15) is 0 Å². The molecular formula is C13H30N2. The van der Waals surface area contributed by atoms with Gasteiger partial charge in [-0.05, 0) is 52.2 Å². The summed E-state index contributed by atoms with van der Waals surface area (Å²) in [5.41, 5.74) is 5.99. The van der Waals surface area contributed by atoms with E-state index < -0.39 is 0 Å². The topological polar surface area (TPSA) is 29.3 Å². The standard InChI is InChI=1S/C10H21N.C3H9N/c1-3-10(11)9-6-4-8(2)5-7-9;1-4(2)3/h8-10H,3-7,11H2,1-2H3;1-3H3. The third-order valence-corrected chi connectivity index (χ3v) is 3.14. The largest absolute Gasteiger partial charge is 0.327 e. The molecule has 0 bridgehead atoms. The molecule has 92 valence electrons. The molecule has 2 heteroatoms. The molecule has 1 aliphatic carbocycles. The molecule has 0 aliphatic heterocycles. The van der Waals surface area contributed by atoms with Gasteiger partial charge in [0.05, 0.1) is 0 Å². The second kappa shape index (κ2) is 8.12. The first kappa shape index (κ1) is 14.9. The maximum atomic E-state index is 5.99. The molecule has 1 aliphatic rings. The van der Waals surface area contributed by atoms with Crippen molar-refractivity contribution in [3.05, 3.63) is 0 Å². The van der Waals surface area contributed by atoms with Gasteiger partial charge < -0.3 is 10.6 Å². The van der Waals surface area contributed by atoms with Crippen LogP contribution in [-0.4, -0.2) is 32.1 Å². The van der Waals surface area contributed by atoms with E-state index >= 15 is 0 Å². The lowest BCUT2D eigenvalue weighted by atomic mass is 9.79. The molecular weight excluding hydrogens is 184 g/mol. The highest BCUT2D eigenvalue weighted by molar-refractivity contribution is 4.77. The van der Waals surface area contributed by atoms with E-state index in [4.69, 9.17) is 5.73 Å². The molecule has 1 rings (SSSR count). The molecule has 0 heterocycles. The number of rotatable bonds is 2. The van der Waals surface area contributed by atoms with Gasteiger partial charge in [-0.2, -0.15) is 0 Å². The van der Waals surface area contributed by atoms with E-state index in [0.717, 1.165) is 18.3 Å². The maximum absolute atomic E-state index is 5.99. The Morgan fingerprint density at radius 3 is 1.87 bits per heavy atom. The van der Waals surface area contributed by atoms with Gasteiger partial charge in [-0.3, -0.25) is 0 Å². The Morgan fingerprint density at radius 2 is 1.53 bits per heavy atom. The molecule has 2 nitrogen and oxygen atoms in total. The number of hydrogen-bond donors (Lipinski definition) is 1. The van der Waals surface area contributed by atoms with Gasteiger partial charge in [-0.15, -0.1) is 0 Å². The fourth-order valence-corrected chi connectivity index (χ4v) is 2.05. The Balaban J connectivity index is 0.000000423. The van der Waals surface area contributed by atoms with E-state index in [1.165, 1.54) is 25.7 Å². The fraction of sp³-hybridized carbons (Fsp3) is 1.00. The molecule has 1 atom stereocenters. The zero-order valence-electron chi connectivity index (χ0n) is 11.3. The van der Waals surface area contributed by atoms with Crippen LogP contribution in [0.5, 0.6) is 0 Å². The summed E-state index contributed by atoms with van der Waals surface area (Å²) in [6.07, 6.45) is 6.70. The molecule has 0 aromatic heterocycles. The monoisotopic (exact) mass is 214 g/mol. The highest BCUT2D eigenvalue weighted by Crippen LogP contribution is 2.30. The van der Waals surface area contributed by atoms with Crippen molar-refractivity contribution in [2.45, 2.75) is 52.0 Å². The van der Waals surface area contributed by atoms with E-state index in [-0.39, 0.29) is 0 Å². The van der Waals surface area contributed by atoms with Gasteiger partial charge in [0.2, 0.25) is 0 Å². The average Bonchev–Trinajstić information content (AvgIpc) is 2.17. The van der Waals surface area contributed by atoms with Crippen molar-refractivity contribution >= 4 is 0 Å². The smallest absolute Gasteiger partial charge is 0.00645 e.